The minimum atomic E-state index is -0.252. The average Bonchev–Trinajstić information content (AvgIpc) is 3.31. The molecule has 1 fully saturated rings. The van der Waals surface area contributed by atoms with Crippen LogP contribution in [-0.4, -0.2) is 46.8 Å². The van der Waals surface area contributed by atoms with Gasteiger partial charge < -0.3 is 14.5 Å². The molecule has 1 saturated heterocycles. The molecule has 6 nitrogen and oxygen atoms in total. The maximum absolute atomic E-state index is 13.5. The van der Waals surface area contributed by atoms with Gasteiger partial charge in [0.25, 0.3) is 5.91 Å². The van der Waals surface area contributed by atoms with Crippen LogP contribution in [0.5, 0.6) is 5.88 Å². The van der Waals surface area contributed by atoms with E-state index in [0.29, 0.717) is 50.8 Å². The molecule has 1 aliphatic rings. The van der Waals surface area contributed by atoms with Crippen LogP contribution in [0.15, 0.2) is 91.1 Å². The second-order valence-corrected chi connectivity index (χ2v) is 8.56. The molecule has 3 aromatic carbocycles. The topological polar surface area (TPSA) is 50.6 Å². The van der Waals surface area contributed by atoms with Gasteiger partial charge in [-0.2, -0.15) is 0 Å². The van der Waals surface area contributed by atoms with Gasteiger partial charge in [0, 0.05) is 38.1 Å². The summed E-state index contributed by atoms with van der Waals surface area (Å²) in [6.07, 6.45) is 1.78. The van der Waals surface area contributed by atoms with E-state index in [0.717, 1.165) is 16.8 Å². The Labute approximate surface area is 204 Å². The van der Waals surface area contributed by atoms with Gasteiger partial charge in [0.05, 0.1) is 6.54 Å². The summed E-state index contributed by atoms with van der Waals surface area (Å²) in [6.45, 7) is 3.37. The van der Waals surface area contributed by atoms with Crippen LogP contribution in [0, 0.1) is 5.82 Å². The molecule has 7 heteroatoms. The summed E-state index contributed by atoms with van der Waals surface area (Å²) in [7, 11) is 0. The Morgan fingerprint density at radius 3 is 2.11 bits per heavy atom. The van der Waals surface area contributed by atoms with Crippen molar-refractivity contribution in [2.75, 3.05) is 31.1 Å². The highest BCUT2D eigenvalue weighted by molar-refractivity contribution is 5.96. The van der Waals surface area contributed by atoms with E-state index in [1.807, 2.05) is 65.6 Å². The Morgan fingerprint density at radius 1 is 0.829 bits per heavy atom. The Kier molecular flexibility index (Phi) is 6.75. The molecule has 2 heterocycles. The molecule has 5 rings (SSSR count). The van der Waals surface area contributed by atoms with E-state index in [1.54, 1.807) is 23.0 Å². The number of amides is 1. The number of benzene rings is 3. The normalized spacial score (nSPS) is 13.6. The van der Waals surface area contributed by atoms with E-state index < -0.39 is 0 Å². The van der Waals surface area contributed by atoms with Crippen molar-refractivity contribution in [3.05, 3.63) is 114 Å². The number of piperazine rings is 1. The molecule has 0 spiro atoms. The minimum absolute atomic E-state index is 0.0915. The van der Waals surface area contributed by atoms with Crippen LogP contribution in [0.25, 0.3) is 0 Å². The first-order valence-electron chi connectivity index (χ1n) is 11.7. The van der Waals surface area contributed by atoms with Crippen LogP contribution in [0.1, 0.15) is 21.5 Å². The fourth-order valence-electron chi connectivity index (χ4n) is 4.22. The van der Waals surface area contributed by atoms with Crippen molar-refractivity contribution in [1.82, 2.24) is 14.7 Å². The largest absolute Gasteiger partial charge is 0.471 e. The van der Waals surface area contributed by atoms with Crippen molar-refractivity contribution in [2.24, 2.45) is 0 Å². The number of carbonyl (C=O) groups is 1. The van der Waals surface area contributed by atoms with Crippen LogP contribution in [0.3, 0.4) is 0 Å². The van der Waals surface area contributed by atoms with Gasteiger partial charge in [-0.1, -0.05) is 60.7 Å². The van der Waals surface area contributed by atoms with E-state index in [-0.39, 0.29) is 11.7 Å². The first-order valence-corrected chi connectivity index (χ1v) is 11.7. The predicted molar refractivity (Wildman–Crippen MR) is 133 cm³/mol. The summed E-state index contributed by atoms with van der Waals surface area (Å²) in [6, 6.07) is 26.3. The lowest BCUT2D eigenvalue weighted by atomic mass is 10.2. The Morgan fingerprint density at radius 2 is 1.46 bits per heavy atom. The summed E-state index contributed by atoms with van der Waals surface area (Å²) in [4.78, 5) is 17.5. The summed E-state index contributed by atoms with van der Waals surface area (Å²) < 4.78 is 21.1. The highest BCUT2D eigenvalue weighted by Crippen LogP contribution is 2.23. The lowest BCUT2D eigenvalue weighted by Crippen LogP contribution is -2.48. The molecule has 1 aromatic heterocycles. The second kappa shape index (κ2) is 10.4. The summed E-state index contributed by atoms with van der Waals surface area (Å²) >= 11 is 0. The zero-order valence-electron chi connectivity index (χ0n) is 19.4. The van der Waals surface area contributed by atoms with Gasteiger partial charge in [-0.25, -0.2) is 4.39 Å². The highest BCUT2D eigenvalue weighted by atomic mass is 19.1. The maximum atomic E-state index is 13.5. The van der Waals surface area contributed by atoms with E-state index in [1.165, 1.54) is 12.1 Å². The van der Waals surface area contributed by atoms with Crippen molar-refractivity contribution < 1.29 is 13.9 Å². The van der Waals surface area contributed by atoms with Crippen LogP contribution >= 0.6 is 0 Å². The lowest BCUT2D eigenvalue weighted by molar-refractivity contribution is 0.0741. The number of aromatic nitrogens is 2. The Balaban J connectivity index is 1.31. The van der Waals surface area contributed by atoms with Gasteiger partial charge in [0.2, 0.25) is 5.88 Å². The van der Waals surface area contributed by atoms with Gasteiger partial charge in [-0.3, -0.25) is 9.48 Å². The molecule has 0 bridgehead atoms. The van der Waals surface area contributed by atoms with E-state index in [2.05, 4.69) is 10.00 Å². The number of hydrogen-bond acceptors (Lipinski definition) is 4. The number of rotatable bonds is 7. The van der Waals surface area contributed by atoms with Gasteiger partial charge >= 0.3 is 0 Å². The molecule has 1 aliphatic heterocycles. The molecule has 0 atom stereocenters. The average molecular weight is 471 g/mol. The lowest BCUT2D eigenvalue weighted by Gasteiger charge is -2.36. The molecule has 0 saturated carbocycles. The number of carbonyl (C=O) groups excluding carboxylic acids is 1. The number of nitrogens with zero attached hydrogens (tertiary/aromatic N) is 4. The van der Waals surface area contributed by atoms with Gasteiger partial charge in [-0.05, 0) is 35.4 Å². The molecule has 0 unspecified atom stereocenters. The third-order valence-electron chi connectivity index (χ3n) is 6.12. The van der Waals surface area contributed by atoms with E-state index in [4.69, 9.17) is 4.74 Å². The first-order chi connectivity index (χ1) is 17.2. The number of halogens is 1. The molecule has 1 amide bonds. The van der Waals surface area contributed by atoms with Crippen molar-refractivity contribution in [3.63, 3.8) is 0 Å². The van der Waals surface area contributed by atoms with Crippen LogP contribution < -0.4 is 9.64 Å². The smallest absolute Gasteiger partial charge is 0.261 e. The SMILES string of the molecule is O=C(c1cn(Cc2ccccc2)nc1OCc1ccccc1)N1CCN(c2ccc(F)cc2)CC1. The molecular weight excluding hydrogens is 443 g/mol. The third-order valence-corrected chi connectivity index (χ3v) is 6.12. The first kappa shape index (κ1) is 22.7. The molecule has 0 N–H and O–H groups in total. The monoisotopic (exact) mass is 470 g/mol. The summed E-state index contributed by atoms with van der Waals surface area (Å²) in [5.74, 6) is -0.0000107. The van der Waals surface area contributed by atoms with Gasteiger partial charge in [0.1, 0.15) is 18.0 Å². The second-order valence-electron chi connectivity index (χ2n) is 8.56. The number of anilines is 1. The number of ether oxygens (including phenoxy) is 1. The quantitative estimate of drug-likeness (QED) is 0.396. The molecule has 0 aliphatic carbocycles. The van der Waals surface area contributed by atoms with Crippen LogP contribution in [0.4, 0.5) is 10.1 Å². The fraction of sp³-hybridized carbons (Fsp3) is 0.214. The zero-order chi connectivity index (χ0) is 24.0. The predicted octanol–water partition coefficient (Wildman–Crippen LogP) is 4.61. The molecular formula is C28H27FN4O2. The molecule has 178 valence electrons. The molecule has 35 heavy (non-hydrogen) atoms. The van der Waals surface area contributed by atoms with Crippen molar-refractivity contribution in [2.45, 2.75) is 13.2 Å². The molecule has 4 aromatic rings. The van der Waals surface area contributed by atoms with E-state index >= 15 is 0 Å². The van der Waals surface area contributed by atoms with E-state index in [9.17, 15) is 9.18 Å². The summed E-state index contributed by atoms with van der Waals surface area (Å²) in [5, 5.41) is 4.61. The van der Waals surface area contributed by atoms with Crippen molar-refractivity contribution in [3.8, 4) is 5.88 Å². The third kappa shape index (κ3) is 5.51. The van der Waals surface area contributed by atoms with Crippen molar-refractivity contribution in [1.29, 1.82) is 0 Å². The fourth-order valence-corrected chi connectivity index (χ4v) is 4.22. The molecule has 0 radical (unpaired) electrons. The highest BCUT2D eigenvalue weighted by Gasteiger charge is 2.27. The van der Waals surface area contributed by atoms with Crippen molar-refractivity contribution >= 4 is 11.6 Å². The zero-order valence-corrected chi connectivity index (χ0v) is 19.4. The van der Waals surface area contributed by atoms with Gasteiger partial charge in [-0.15, -0.1) is 5.10 Å². The Hall–Kier alpha value is -4.13. The standard InChI is InChI=1S/C28H27FN4O2/c29-24-11-13-25(14-12-24)31-15-17-32(18-16-31)28(34)26-20-33(19-22-7-3-1-4-8-22)30-27(26)35-21-23-9-5-2-6-10-23/h1-14,20H,15-19,21H2. The Bertz CT molecular complexity index is 1250. The summed E-state index contributed by atoms with van der Waals surface area (Å²) in [5.41, 5.74) is 3.53. The number of hydrogen-bond donors (Lipinski definition) is 0. The minimum Gasteiger partial charge on any atom is -0.471 e. The van der Waals surface area contributed by atoms with Crippen LogP contribution in [-0.2, 0) is 13.2 Å². The maximum Gasteiger partial charge on any atom is 0.261 e. The van der Waals surface area contributed by atoms with Gasteiger partial charge in [0.15, 0.2) is 0 Å². The van der Waals surface area contributed by atoms with Crippen LogP contribution in [0.2, 0.25) is 0 Å².